The molecule has 0 aliphatic heterocycles. The Hall–Kier alpha value is -2.29. The summed E-state index contributed by atoms with van der Waals surface area (Å²) in [5.41, 5.74) is 0.464. The molecule has 0 bridgehead atoms. The first-order valence-corrected chi connectivity index (χ1v) is 12.7. The van der Waals surface area contributed by atoms with Crippen molar-refractivity contribution in [3.63, 3.8) is 0 Å². The van der Waals surface area contributed by atoms with Crippen molar-refractivity contribution in [2.75, 3.05) is 5.75 Å². The summed E-state index contributed by atoms with van der Waals surface area (Å²) >= 11 is 3.61. The van der Waals surface area contributed by atoms with Crippen molar-refractivity contribution in [2.24, 2.45) is 0 Å². The van der Waals surface area contributed by atoms with E-state index in [0.717, 1.165) is 39.2 Å². The van der Waals surface area contributed by atoms with E-state index in [2.05, 4.69) is 4.74 Å². The molecular formula is C23H13F5O3S2W. The number of hydrogen-bond acceptors (Lipinski definition) is 5. The predicted molar refractivity (Wildman–Crippen MR) is 116 cm³/mol. The number of thioether (sulfide) groups is 2. The number of ether oxygens (including phenoxy) is 1. The molecule has 0 saturated heterocycles. The van der Waals surface area contributed by atoms with Gasteiger partial charge in [0.25, 0.3) is 0 Å². The first-order chi connectivity index (χ1) is 16.2. The molecule has 0 fully saturated rings. The summed E-state index contributed by atoms with van der Waals surface area (Å²) in [6.45, 7) is 0. The van der Waals surface area contributed by atoms with E-state index < -0.39 is 40.8 Å². The Labute approximate surface area is 210 Å². The summed E-state index contributed by atoms with van der Waals surface area (Å²) in [7, 11) is 0. The van der Waals surface area contributed by atoms with Crippen LogP contribution in [0.3, 0.4) is 0 Å². The van der Waals surface area contributed by atoms with E-state index in [0.29, 0.717) is 17.7 Å². The second-order valence-electron chi connectivity index (χ2n) is 6.54. The molecular weight excluding hydrogens is 667 g/mol. The summed E-state index contributed by atoms with van der Waals surface area (Å²) in [5, 5.41) is 0.00152. The van der Waals surface area contributed by atoms with Crippen LogP contribution in [0.4, 0.5) is 22.0 Å². The van der Waals surface area contributed by atoms with Gasteiger partial charge in [-0.15, -0.1) is 0 Å². The monoisotopic (exact) mass is 680 g/mol. The van der Waals surface area contributed by atoms with E-state index in [1.165, 1.54) is 30.0 Å². The maximum atomic E-state index is 13.8. The second-order valence-corrected chi connectivity index (χ2v) is 11.3. The molecule has 0 aliphatic carbocycles. The van der Waals surface area contributed by atoms with Gasteiger partial charge in [-0.1, -0.05) is 0 Å². The normalized spacial score (nSPS) is 10.7. The number of rotatable bonds is 8. The molecule has 11 heteroatoms. The molecule has 0 heterocycles. The predicted octanol–water partition coefficient (Wildman–Crippen LogP) is 6.07. The molecule has 0 amide bonds. The Morgan fingerprint density at radius 3 is 2.03 bits per heavy atom. The van der Waals surface area contributed by atoms with Gasteiger partial charge in [-0.2, -0.15) is 0 Å². The minimum absolute atomic E-state index is 0.00152. The summed E-state index contributed by atoms with van der Waals surface area (Å²) < 4.78 is 72.8. The Bertz CT molecular complexity index is 1230. The number of hydrogen-bond donors (Lipinski definition) is 0. The quantitative estimate of drug-likeness (QED) is 0.0723. The third kappa shape index (κ3) is 6.43. The van der Waals surface area contributed by atoms with Gasteiger partial charge in [0.2, 0.25) is 0 Å². The van der Waals surface area contributed by atoms with Crippen LogP contribution in [-0.4, -0.2) is 20.1 Å². The fraction of sp³-hybridized carbons (Fsp3) is 0.0870. The van der Waals surface area contributed by atoms with Gasteiger partial charge in [-0.3, -0.25) is 0 Å². The number of halogens is 5. The van der Waals surface area contributed by atoms with Crippen LogP contribution in [0, 0.1) is 29.1 Å². The molecule has 3 aromatic carbocycles. The van der Waals surface area contributed by atoms with Gasteiger partial charge < -0.3 is 0 Å². The van der Waals surface area contributed by atoms with Crippen molar-refractivity contribution in [3.8, 4) is 5.75 Å². The fourth-order valence-electron chi connectivity index (χ4n) is 2.58. The molecule has 0 aliphatic rings. The van der Waals surface area contributed by atoms with E-state index in [9.17, 15) is 31.5 Å². The van der Waals surface area contributed by atoms with Crippen LogP contribution >= 0.6 is 23.5 Å². The molecule has 0 N–H and O–H groups in total. The first kappa shape index (κ1) is 26.3. The number of carbonyl (C=O) groups is 2. The van der Waals surface area contributed by atoms with Crippen LogP contribution in [-0.2, 0) is 24.1 Å². The average Bonchev–Trinajstić information content (AvgIpc) is 2.84. The molecule has 0 atom stereocenters. The maximum absolute atomic E-state index is 13.8. The molecule has 176 valence electrons. The van der Waals surface area contributed by atoms with Crippen LogP contribution in [0.15, 0.2) is 59.5 Å². The molecule has 3 rings (SSSR count). The third-order valence-corrected chi connectivity index (χ3v) is 8.18. The second kappa shape index (κ2) is 11.9. The van der Waals surface area contributed by atoms with E-state index >= 15 is 0 Å². The fourth-order valence-corrected chi connectivity index (χ4v) is 5.59. The Balaban J connectivity index is 1.62. The van der Waals surface area contributed by atoms with Crippen molar-refractivity contribution in [1.29, 1.82) is 0 Å². The van der Waals surface area contributed by atoms with E-state index in [1.54, 1.807) is 6.07 Å². The molecule has 34 heavy (non-hydrogen) atoms. The topological polar surface area (TPSA) is 43.4 Å². The SMILES string of the molecule is O=C(CCS[C](=[W])c1cccc(C(=O)Oc2c(F)c(F)c(F)c(F)c2F)c1)Sc1ccccc1. The van der Waals surface area contributed by atoms with Crippen LogP contribution in [0.25, 0.3) is 0 Å². The zero-order valence-electron chi connectivity index (χ0n) is 16.9. The summed E-state index contributed by atoms with van der Waals surface area (Å²) in [6, 6.07) is 15.1. The van der Waals surface area contributed by atoms with E-state index in [4.69, 9.17) is 0 Å². The van der Waals surface area contributed by atoms with Crippen LogP contribution in [0.5, 0.6) is 5.75 Å². The summed E-state index contributed by atoms with van der Waals surface area (Å²) in [6.07, 6.45) is 0.309. The van der Waals surface area contributed by atoms with Crippen LogP contribution < -0.4 is 4.74 Å². The zero-order valence-corrected chi connectivity index (χ0v) is 21.5. The average molecular weight is 680 g/mol. The number of carbonyl (C=O) groups excluding carboxylic acids is 2. The Morgan fingerprint density at radius 2 is 1.38 bits per heavy atom. The number of benzene rings is 3. The van der Waals surface area contributed by atoms with Gasteiger partial charge in [-0.25, -0.2) is 0 Å². The molecule has 0 radical (unpaired) electrons. The zero-order chi connectivity index (χ0) is 24.8. The van der Waals surface area contributed by atoms with Crippen molar-refractivity contribution < 1.29 is 55.6 Å². The van der Waals surface area contributed by atoms with Gasteiger partial charge in [0.1, 0.15) is 0 Å². The first-order valence-electron chi connectivity index (χ1n) is 9.45. The molecule has 3 aromatic rings. The van der Waals surface area contributed by atoms with Crippen molar-refractivity contribution in [2.45, 2.75) is 11.3 Å². The van der Waals surface area contributed by atoms with Crippen LogP contribution in [0.1, 0.15) is 22.3 Å². The van der Waals surface area contributed by atoms with Crippen molar-refractivity contribution >= 4 is 37.8 Å². The van der Waals surface area contributed by atoms with Gasteiger partial charge in [0, 0.05) is 0 Å². The van der Waals surface area contributed by atoms with Crippen LogP contribution in [0.2, 0.25) is 0 Å². The molecule has 3 nitrogen and oxygen atoms in total. The standard InChI is InChI=1S/C23H13F5O3S2.W/c24-17-18(25)20(27)22(21(28)19(17)26)31-23(30)14-6-4-5-13(11-14)12-32-10-9-16(29)33-15-7-2-1-3-8-15;/h1-8,11H,9-10H2;. The Kier molecular flexibility index (Phi) is 9.22. The van der Waals surface area contributed by atoms with Gasteiger partial charge in [-0.05, 0) is 0 Å². The number of esters is 1. The van der Waals surface area contributed by atoms with Gasteiger partial charge in [0.05, 0.1) is 0 Å². The Morgan fingerprint density at radius 1 is 0.794 bits per heavy atom. The van der Waals surface area contributed by atoms with Crippen molar-refractivity contribution in [1.82, 2.24) is 0 Å². The van der Waals surface area contributed by atoms with Crippen molar-refractivity contribution in [3.05, 3.63) is 94.8 Å². The van der Waals surface area contributed by atoms with Gasteiger partial charge in [0.15, 0.2) is 0 Å². The van der Waals surface area contributed by atoms with E-state index in [1.807, 2.05) is 30.3 Å². The van der Waals surface area contributed by atoms with Gasteiger partial charge >= 0.3 is 211 Å². The third-order valence-electron chi connectivity index (χ3n) is 4.21. The molecule has 0 unspecified atom stereocenters. The molecule has 0 saturated carbocycles. The molecule has 0 spiro atoms. The summed E-state index contributed by atoms with van der Waals surface area (Å²) in [4.78, 5) is 25.3. The summed E-state index contributed by atoms with van der Waals surface area (Å²) in [5.74, 6) is -13.7. The minimum atomic E-state index is -2.34. The molecule has 0 aromatic heterocycles. The van der Waals surface area contributed by atoms with E-state index in [-0.39, 0.29) is 10.7 Å².